The van der Waals surface area contributed by atoms with Gasteiger partial charge in [-0.3, -0.25) is 4.79 Å². The highest BCUT2D eigenvalue weighted by atomic mass is 35.5. The maximum Gasteiger partial charge on any atom is 0.253 e. The van der Waals surface area contributed by atoms with Gasteiger partial charge < -0.3 is 10.0 Å². The van der Waals surface area contributed by atoms with Crippen molar-refractivity contribution in [1.82, 2.24) is 4.90 Å². The molecule has 4 heteroatoms. The summed E-state index contributed by atoms with van der Waals surface area (Å²) in [5, 5.41) is 10.4. The highest BCUT2D eigenvalue weighted by Crippen LogP contribution is 2.23. The van der Waals surface area contributed by atoms with E-state index in [-0.39, 0.29) is 17.9 Å². The third-order valence-corrected chi connectivity index (χ3v) is 4.26. The van der Waals surface area contributed by atoms with Gasteiger partial charge in [-0.25, -0.2) is 0 Å². The molecular weight excluding hydrogens is 262 g/mol. The van der Waals surface area contributed by atoms with E-state index >= 15 is 0 Å². The van der Waals surface area contributed by atoms with E-state index in [1.165, 1.54) is 0 Å². The average Bonchev–Trinajstić information content (AvgIpc) is 2.41. The van der Waals surface area contributed by atoms with Crippen LogP contribution in [0.15, 0.2) is 18.2 Å². The molecule has 1 N–H and O–H groups in total. The summed E-state index contributed by atoms with van der Waals surface area (Å²) >= 11 is 5.98. The Hall–Kier alpha value is -1.06. The first kappa shape index (κ1) is 14.4. The Kier molecular flexibility index (Phi) is 4.48. The first-order valence-electron chi connectivity index (χ1n) is 6.72. The van der Waals surface area contributed by atoms with Crippen LogP contribution in [0.3, 0.4) is 0 Å². The fourth-order valence-corrected chi connectivity index (χ4v) is 2.67. The molecule has 0 bridgehead atoms. The number of benzene rings is 1. The summed E-state index contributed by atoms with van der Waals surface area (Å²) in [5.41, 5.74) is 1.59. The van der Waals surface area contributed by atoms with Crippen molar-refractivity contribution in [2.45, 2.75) is 32.8 Å². The van der Waals surface area contributed by atoms with Crippen molar-refractivity contribution in [3.63, 3.8) is 0 Å². The number of nitrogens with zero attached hydrogens (tertiary/aromatic N) is 1. The minimum absolute atomic E-state index is 0.0325. The van der Waals surface area contributed by atoms with Gasteiger partial charge in [-0.1, -0.05) is 11.6 Å². The van der Waals surface area contributed by atoms with Gasteiger partial charge in [0.25, 0.3) is 5.91 Å². The van der Waals surface area contributed by atoms with Gasteiger partial charge in [0, 0.05) is 29.6 Å². The van der Waals surface area contributed by atoms with Crippen LogP contribution in [0.1, 0.15) is 35.7 Å². The molecule has 2 atom stereocenters. The van der Waals surface area contributed by atoms with Crippen LogP contribution >= 0.6 is 11.6 Å². The van der Waals surface area contributed by atoms with Gasteiger partial charge >= 0.3 is 0 Å². The third kappa shape index (κ3) is 3.28. The molecule has 0 saturated carbocycles. The van der Waals surface area contributed by atoms with Crippen molar-refractivity contribution < 1.29 is 9.90 Å². The maximum atomic E-state index is 12.4. The predicted octanol–water partition coefficient (Wildman–Crippen LogP) is 2.88. The van der Waals surface area contributed by atoms with Crippen molar-refractivity contribution in [3.05, 3.63) is 34.3 Å². The summed E-state index contributed by atoms with van der Waals surface area (Å²) in [6.07, 6.45) is 1.58. The Balaban J connectivity index is 2.12. The molecule has 1 aromatic carbocycles. The number of rotatable bonds is 2. The van der Waals surface area contributed by atoms with E-state index < -0.39 is 0 Å². The molecule has 1 fully saturated rings. The van der Waals surface area contributed by atoms with Gasteiger partial charge in [-0.15, -0.1) is 0 Å². The molecule has 0 spiro atoms. The van der Waals surface area contributed by atoms with Crippen molar-refractivity contribution in [1.29, 1.82) is 0 Å². The smallest absolute Gasteiger partial charge is 0.253 e. The van der Waals surface area contributed by atoms with E-state index in [9.17, 15) is 9.90 Å². The van der Waals surface area contributed by atoms with Gasteiger partial charge in [0.2, 0.25) is 0 Å². The predicted molar refractivity (Wildman–Crippen MR) is 76.5 cm³/mol. The monoisotopic (exact) mass is 281 g/mol. The van der Waals surface area contributed by atoms with Crippen LogP contribution in [-0.4, -0.2) is 35.1 Å². The fourth-order valence-electron chi connectivity index (χ4n) is 2.55. The molecular formula is C15H20ClNO2. The Bertz CT molecular complexity index is 473. The second kappa shape index (κ2) is 5.93. The molecule has 1 aliphatic heterocycles. The molecule has 2 rings (SSSR count). The Labute approximate surface area is 119 Å². The second-order valence-corrected chi connectivity index (χ2v) is 5.77. The number of aliphatic hydroxyl groups excluding tert-OH is 1. The summed E-state index contributed by atoms with van der Waals surface area (Å²) in [6, 6.07) is 5.36. The number of aryl methyl sites for hydroxylation is 1. The van der Waals surface area contributed by atoms with E-state index in [1.807, 2.05) is 17.9 Å². The summed E-state index contributed by atoms with van der Waals surface area (Å²) < 4.78 is 0. The first-order valence-corrected chi connectivity index (χ1v) is 7.10. The molecule has 0 radical (unpaired) electrons. The average molecular weight is 282 g/mol. The SMILES string of the molecule is Cc1cc(C(=O)N2CCCC(C(C)O)C2)ccc1Cl. The summed E-state index contributed by atoms with van der Waals surface area (Å²) in [4.78, 5) is 14.3. The number of hydrogen-bond acceptors (Lipinski definition) is 2. The van der Waals surface area contributed by atoms with E-state index in [4.69, 9.17) is 11.6 Å². The number of halogens is 1. The minimum Gasteiger partial charge on any atom is -0.393 e. The topological polar surface area (TPSA) is 40.5 Å². The van der Waals surface area contributed by atoms with Crippen molar-refractivity contribution in [2.24, 2.45) is 5.92 Å². The molecule has 1 saturated heterocycles. The van der Waals surface area contributed by atoms with Crippen molar-refractivity contribution in [3.8, 4) is 0 Å². The first-order chi connectivity index (χ1) is 8.99. The maximum absolute atomic E-state index is 12.4. The zero-order chi connectivity index (χ0) is 14.0. The molecule has 19 heavy (non-hydrogen) atoms. The van der Waals surface area contributed by atoms with Gasteiger partial charge in [0.1, 0.15) is 0 Å². The van der Waals surface area contributed by atoms with Crippen LogP contribution in [0.2, 0.25) is 5.02 Å². The van der Waals surface area contributed by atoms with Crippen LogP contribution in [-0.2, 0) is 0 Å². The van der Waals surface area contributed by atoms with E-state index in [2.05, 4.69) is 0 Å². The zero-order valence-corrected chi connectivity index (χ0v) is 12.2. The lowest BCUT2D eigenvalue weighted by molar-refractivity contribution is 0.0466. The number of carbonyl (C=O) groups excluding carboxylic acids is 1. The van der Waals surface area contributed by atoms with Crippen molar-refractivity contribution in [2.75, 3.05) is 13.1 Å². The number of likely N-dealkylation sites (tertiary alicyclic amines) is 1. The molecule has 104 valence electrons. The standard InChI is InChI=1S/C15H20ClNO2/c1-10-8-12(5-6-14(10)16)15(19)17-7-3-4-13(9-17)11(2)18/h5-6,8,11,13,18H,3-4,7,9H2,1-2H3. The van der Waals surface area contributed by atoms with Gasteiger partial charge in [-0.05, 0) is 50.5 Å². The highest BCUT2D eigenvalue weighted by Gasteiger charge is 2.27. The normalized spacial score (nSPS) is 21.3. The number of hydrogen-bond donors (Lipinski definition) is 1. The third-order valence-electron chi connectivity index (χ3n) is 3.83. The Morgan fingerprint density at radius 3 is 2.89 bits per heavy atom. The van der Waals surface area contributed by atoms with Crippen LogP contribution in [0.4, 0.5) is 0 Å². The molecule has 2 unspecified atom stereocenters. The molecule has 1 amide bonds. The quantitative estimate of drug-likeness (QED) is 0.905. The van der Waals surface area contributed by atoms with Crippen molar-refractivity contribution >= 4 is 17.5 Å². The number of carbonyl (C=O) groups is 1. The lowest BCUT2D eigenvalue weighted by Gasteiger charge is -2.34. The van der Waals surface area contributed by atoms with Crippen LogP contribution in [0.5, 0.6) is 0 Å². The molecule has 3 nitrogen and oxygen atoms in total. The number of amides is 1. The zero-order valence-electron chi connectivity index (χ0n) is 11.4. The minimum atomic E-state index is -0.359. The highest BCUT2D eigenvalue weighted by molar-refractivity contribution is 6.31. The van der Waals surface area contributed by atoms with Crippen LogP contribution in [0, 0.1) is 12.8 Å². The Morgan fingerprint density at radius 2 is 2.26 bits per heavy atom. The van der Waals surface area contributed by atoms with Crippen LogP contribution in [0.25, 0.3) is 0 Å². The van der Waals surface area contributed by atoms with Gasteiger partial charge in [0.15, 0.2) is 0 Å². The molecule has 0 aliphatic carbocycles. The number of piperidine rings is 1. The second-order valence-electron chi connectivity index (χ2n) is 5.36. The van der Waals surface area contributed by atoms with Gasteiger partial charge in [0.05, 0.1) is 6.10 Å². The number of aliphatic hydroxyl groups is 1. The summed E-state index contributed by atoms with van der Waals surface area (Å²) in [6.45, 7) is 5.10. The molecule has 1 aromatic rings. The van der Waals surface area contributed by atoms with Crippen LogP contribution < -0.4 is 0 Å². The van der Waals surface area contributed by atoms with E-state index in [1.54, 1.807) is 19.1 Å². The summed E-state index contributed by atoms with van der Waals surface area (Å²) in [5.74, 6) is 0.219. The molecule has 0 aromatic heterocycles. The Morgan fingerprint density at radius 1 is 1.53 bits per heavy atom. The van der Waals surface area contributed by atoms with E-state index in [0.29, 0.717) is 17.1 Å². The van der Waals surface area contributed by atoms with E-state index in [0.717, 1.165) is 24.9 Å². The molecule has 1 aliphatic rings. The lowest BCUT2D eigenvalue weighted by Crippen LogP contribution is -2.42. The van der Waals surface area contributed by atoms with Gasteiger partial charge in [-0.2, -0.15) is 0 Å². The largest absolute Gasteiger partial charge is 0.393 e. The summed E-state index contributed by atoms with van der Waals surface area (Å²) in [7, 11) is 0. The fraction of sp³-hybridized carbons (Fsp3) is 0.533. The molecule has 1 heterocycles. The lowest BCUT2D eigenvalue weighted by atomic mass is 9.93.